The fourth-order valence-corrected chi connectivity index (χ4v) is 1.90. The maximum atomic E-state index is 4.39. The predicted molar refractivity (Wildman–Crippen MR) is 85.9 cm³/mol. The minimum Gasteiger partial charge on any atom is -0.365 e. The third kappa shape index (κ3) is 3.76. The molecule has 2 N–H and O–H groups in total. The van der Waals surface area contributed by atoms with Gasteiger partial charge in [-0.1, -0.05) is 17.7 Å². The van der Waals surface area contributed by atoms with Crippen molar-refractivity contribution >= 4 is 17.5 Å². The largest absolute Gasteiger partial charge is 0.365 e. The molecule has 0 spiro atoms. The molecular formula is C16H16N6. The number of hydrogen-bond acceptors (Lipinski definition) is 6. The Bertz CT molecular complexity index is 727. The summed E-state index contributed by atoms with van der Waals surface area (Å²) in [4.78, 5) is 8.39. The number of pyridine rings is 1. The second-order valence-corrected chi connectivity index (χ2v) is 4.87. The minimum atomic E-state index is 0.462. The Hall–Kier alpha value is -3.02. The van der Waals surface area contributed by atoms with Crippen molar-refractivity contribution in [1.29, 1.82) is 0 Å². The van der Waals surface area contributed by atoms with E-state index >= 15 is 0 Å². The first-order valence-electron chi connectivity index (χ1n) is 6.96. The van der Waals surface area contributed by atoms with E-state index in [1.54, 1.807) is 18.6 Å². The Morgan fingerprint density at radius 2 is 1.77 bits per heavy atom. The van der Waals surface area contributed by atoms with E-state index in [-0.39, 0.29) is 0 Å². The maximum absolute atomic E-state index is 4.39. The third-order valence-corrected chi connectivity index (χ3v) is 3.09. The highest BCUT2D eigenvalue weighted by Gasteiger charge is 2.01. The fraction of sp³-hybridized carbons (Fsp3) is 0.125. The first kappa shape index (κ1) is 13.9. The van der Waals surface area contributed by atoms with Crippen LogP contribution < -0.4 is 10.6 Å². The summed E-state index contributed by atoms with van der Waals surface area (Å²) in [6, 6.07) is 11.9. The van der Waals surface area contributed by atoms with Gasteiger partial charge in [0.15, 0.2) is 5.82 Å². The Balaban J connectivity index is 1.66. The van der Waals surface area contributed by atoms with Gasteiger partial charge >= 0.3 is 0 Å². The van der Waals surface area contributed by atoms with Gasteiger partial charge in [0.2, 0.25) is 5.95 Å². The first-order chi connectivity index (χ1) is 10.8. The highest BCUT2D eigenvalue weighted by atomic mass is 15.3. The van der Waals surface area contributed by atoms with Crippen LogP contribution in [0.5, 0.6) is 0 Å². The molecule has 3 aromatic rings. The maximum Gasteiger partial charge on any atom is 0.249 e. The zero-order valence-electron chi connectivity index (χ0n) is 12.2. The van der Waals surface area contributed by atoms with E-state index in [1.807, 2.05) is 43.3 Å². The van der Waals surface area contributed by atoms with Crippen molar-refractivity contribution in [3.63, 3.8) is 0 Å². The molecule has 0 saturated carbocycles. The number of benzene rings is 1. The highest BCUT2D eigenvalue weighted by molar-refractivity contribution is 5.54. The molecule has 0 bridgehead atoms. The number of nitrogens with one attached hydrogen (secondary N) is 2. The van der Waals surface area contributed by atoms with Crippen LogP contribution in [0.15, 0.2) is 55.0 Å². The van der Waals surface area contributed by atoms with Gasteiger partial charge in [-0.25, -0.2) is 0 Å². The summed E-state index contributed by atoms with van der Waals surface area (Å²) in [5.41, 5.74) is 3.26. The zero-order valence-corrected chi connectivity index (χ0v) is 12.2. The van der Waals surface area contributed by atoms with Gasteiger partial charge < -0.3 is 10.6 Å². The van der Waals surface area contributed by atoms with Crippen molar-refractivity contribution in [2.75, 3.05) is 10.6 Å². The predicted octanol–water partition coefficient (Wildman–Crippen LogP) is 2.93. The normalized spacial score (nSPS) is 10.2. The van der Waals surface area contributed by atoms with E-state index in [2.05, 4.69) is 30.8 Å². The highest BCUT2D eigenvalue weighted by Crippen LogP contribution is 2.14. The van der Waals surface area contributed by atoms with E-state index in [9.17, 15) is 0 Å². The lowest BCUT2D eigenvalue weighted by molar-refractivity contribution is 0.965. The molecule has 0 atom stereocenters. The van der Waals surface area contributed by atoms with Crippen LogP contribution in [0.4, 0.5) is 17.5 Å². The average Bonchev–Trinajstić information content (AvgIpc) is 2.57. The van der Waals surface area contributed by atoms with Gasteiger partial charge in [-0.05, 0) is 36.8 Å². The molecule has 110 valence electrons. The molecule has 1 aromatic carbocycles. The number of aryl methyl sites for hydroxylation is 1. The molecule has 3 rings (SSSR count). The molecule has 0 fully saturated rings. The van der Waals surface area contributed by atoms with Crippen LogP contribution in [0.25, 0.3) is 0 Å². The SMILES string of the molecule is Cc1ccc(Nc2nncc(NCc3ccncc3)n2)cc1. The monoisotopic (exact) mass is 292 g/mol. The summed E-state index contributed by atoms with van der Waals surface area (Å²) in [7, 11) is 0. The zero-order chi connectivity index (χ0) is 15.2. The summed E-state index contributed by atoms with van der Waals surface area (Å²) in [6.45, 7) is 2.71. The van der Waals surface area contributed by atoms with Crippen molar-refractivity contribution in [1.82, 2.24) is 20.2 Å². The lowest BCUT2D eigenvalue weighted by Crippen LogP contribution is -2.05. The van der Waals surface area contributed by atoms with Crippen LogP contribution in [-0.2, 0) is 6.54 Å². The third-order valence-electron chi connectivity index (χ3n) is 3.09. The molecule has 0 aliphatic heterocycles. The van der Waals surface area contributed by atoms with Crippen LogP contribution in [0.1, 0.15) is 11.1 Å². The number of anilines is 3. The van der Waals surface area contributed by atoms with Crippen LogP contribution >= 0.6 is 0 Å². The summed E-state index contributed by atoms with van der Waals surface area (Å²) in [6.07, 6.45) is 5.13. The second-order valence-electron chi connectivity index (χ2n) is 4.87. The van der Waals surface area contributed by atoms with Crippen LogP contribution in [0, 0.1) is 6.92 Å². The summed E-state index contributed by atoms with van der Waals surface area (Å²) >= 11 is 0. The van der Waals surface area contributed by atoms with E-state index in [1.165, 1.54) is 5.56 Å². The number of rotatable bonds is 5. The topological polar surface area (TPSA) is 75.6 Å². The van der Waals surface area contributed by atoms with Crippen molar-refractivity contribution in [3.05, 3.63) is 66.1 Å². The number of aromatic nitrogens is 4. The summed E-state index contributed by atoms with van der Waals surface area (Å²) in [5.74, 6) is 1.13. The molecule has 2 aromatic heterocycles. The summed E-state index contributed by atoms with van der Waals surface area (Å²) < 4.78 is 0. The van der Waals surface area contributed by atoms with Crippen LogP contribution in [0.2, 0.25) is 0 Å². The molecule has 2 heterocycles. The molecule has 0 radical (unpaired) electrons. The van der Waals surface area contributed by atoms with Crippen molar-refractivity contribution < 1.29 is 0 Å². The van der Waals surface area contributed by atoms with E-state index < -0.39 is 0 Å². The smallest absolute Gasteiger partial charge is 0.249 e. The Morgan fingerprint density at radius 1 is 1.00 bits per heavy atom. The lowest BCUT2D eigenvalue weighted by Gasteiger charge is -2.07. The van der Waals surface area contributed by atoms with Crippen molar-refractivity contribution in [2.24, 2.45) is 0 Å². The van der Waals surface area contributed by atoms with Gasteiger partial charge in [-0.15, -0.1) is 5.10 Å². The Kier molecular flexibility index (Phi) is 4.20. The standard InChI is InChI=1S/C16H16N6/c1-12-2-4-14(5-3-12)20-16-21-15(11-19-22-16)18-10-13-6-8-17-9-7-13/h2-9,11H,10H2,1H3,(H2,18,20,21,22). The Morgan fingerprint density at radius 3 is 2.55 bits per heavy atom. The van der Waals surface area contributed by atoms with E-state index in [4.69, 9.17) is 0 Å². The van der Waals surface area contributed by atoms with Gasteiger partial charge in [0.1, 0.15) is 0 Å². The van der Waals surface area contributed by atoms with Crippen LogP contribution in [0.3, 0.4) is 0 Å². The second kappa shape index (κ2) is 6.62. The molecule has 0 saturated heterocycles. The van der Waals surface area contributed by atoms with Gasteiger partial charge in [-0.2, -0.15) is 10.1 Å². The van der Waals surface area contributed by atoms with Gasteiger partial charge in [0.25, 0.3) is 0 Å². The number of hydrogen-bond donors (Lipinski definition) is 2. The van der Waals surface area contributed by atoms with Crippen LogP contribution in [-0.4, -0.2) is 20.2 Å². The van der Waals surface area contributed by atoms with Gasteiger partial charge in [0, 0.05) is 24.6 Å². The minimum absolute atomic E-state index is 0.462. The number of nitrogens with zero attached hydrogens (tertiary/aromatic N) is 4. The molecule has 6 heteroatoms. The van der Waals surface area contributed by atoms with Gasteiger partial charge in [0.05, 0.1) is 6.20 Å². The molecule has 0 aliphatic carbocycles. The van der Waals surface area contributed by atoms with Gasteiger partial charge in [-0.3, -0.25) is 4.98 Å². The van der Waals surface area contributed by atoms with E-state index in [0.29, 0.717) is 18.3 Å². The molecule has 0 unspecified atom stereocenters. The lowest BCUT2D eigenvalue weighted by atomic mass is 10.2. The Labute approximate surface area is 128 Å². The van der Waals surface area contributed by atoms with E-state index in [0.717, 1.165) is 11.3 Å². The molecule has 0 amide bonds. The average molecular weight is 292 g/mol. The molecule has 0 aliphatic rings. The molecule has 22 heavy (non-hydrogen) atoms. The van der Waals surface area contributed by atoms with Crippen molar-refractivity contribution in [2.45, 2.75) is 13.5 Å². The summed E-state index contributed by atoms with van der Waals surface area (Å²) in [5, 5.41) is 14.3. The fourth-order valence-electron chi connectivity index (χ4n) is 1.90. The first-order valence-corrected chi connectivity index (χ1v) is 6.96. The molecular weight excluding hydrogens is 276 g/mol. The molecule has 6 nitrogen and oxygen atoms in total. The quantitative estimate of drug-likeness (QED) is 0.753. The van der Waals surface area contributed by atoms with Crippen molar-refractivity contribution in [3.8, 4) is 0 Å².